The quantitative estimate of drug-likeness (QED) is 0.681. The highest BCUT2D eigenvalue weighted by Crippen LogP contribution is 2.26. The highest BCUT2D eigenvalue weighted by Gasteiger charge is 2.05. The van der Waals surface area contributed by atoms with Gasteiger partial charge in [0.2, 0.25) is 0 Å². The molecule has 0 saturated carbocycles. The van der Waals surface area contributed by atoms with Crippen molar-refractivity contribution in [3.63, 3.8) is 0 Å². The molecule has 0 radical (unpaired) electrons. The zero-order valence-electron chi connectivity index (χ0n) is 13.4. The van der Waals surface area contributed by atoms with Crippen molar-refractivity contribution >= 4 is 15.9 Å². The van der Waals surface area contributed by atoms with E-state index >= 15 is 0 Å². The maximum Gasteiger partial charge on any atom is 0.119 e. The molecule has 1 unspecified atom stereocenters. The summed E-state index contributed by atoms with van der Waals surface area (Å²) in [4.78, 5) is 0. The summed E-state index contributed by atoms with van der Waals surface area (Å²) in [5, 5.41) is 3.51. The smallest absolute Gasteiger partial charge is 0.119 e. The van der Waals surface area contributed by atoms with Gasteiger partial charge in [0, 0.05) is 17.1 Å². The van der Waals surface area contributed by atoms with Crippen LogP contribution in [-0.4, -0.2) is 19.2 Å². The van der Waals surface area contributed by atoms with E-state index in [-0.39, 0.29) is 0 Å². The third-order valence-electron chi connectivity index (χ3n) is 3.45. The molecule has 0 bridgehead atoms. The average molecular weight is 342 g/mol. The Hall–Kier alpha value is -0.540. The van der Waals surface area contributed by atoms with Crippen LogP contribution >= 0.6 is 15.9 Å². The number of nitrogens with one attached hydrogen (secondary N) is 1. The molecule has 0 saturated heterocycles. The van der Waals surface area contributed by atoms with Gasteiger partial charge in [-0.2, -0.15) is 0 Å². The van der Waals surface area contributed by atoms with Crippen LogP contribution in [-0.2, 0) is 0 Å². The van der Waals surface area contributed by atoms with Gasteiger partial charge in [0.25, 0.3) is 0 Å². The van der Waals surface area contributed by atoms with Gasteiger partial charge in [0.15, 0.2) is 0 Å². The van der Waals surface area contributed by atoms with Gasteiger partial charge in [-0.1, -0.05) is 29.8 Å². The van der Waals surface area contributed by atoms with E-state index in [0.29, 0.717) is 12.6 Å². The minimum Gasteiger partial charge on any atom is -0.492 e. The highest BCUT2D eigenvalue weighted by atomic mass is 79.9. The van der Waals surface area contributed by atoms with E-state index in [0.717, 1.165) is 18.2 Å². The van der Waals surface area contributed by atoms with Crippen LogP contribution in [0.2, 0.25) is 0 Å². The molecule has 0 spiro atoms. The summed E-state index contributed by atoms with van der Waals surface area (Å²) in [5.41, 5.74) is 2.44. The summed E-state index contributed by atoms with van der Waals surface area (Å²) in [5.74, 6) is 1.74. The van der Waals surface area contributed by atoms with Crippen LogP contribution < -0.4 is 10.1 Å². The number of ether oxygens (including phenoxy) is 1. The van der Waals surface area contributed by atoms with Crippen molar-refractivity contribution in [3.8, 4) is 5.75 Å². The van der Waals surface area contributed by atoms with Crippen molar-refractivity contribution < 1.29 is 4.74 Å². The van der Waals surface area contributed by atoms with Gasteiger partial charge < -0.3 is 10.1 Å². The largest absolute Gasteiger partial charge is 0.492 e. The number of rotatable bonds is 8. The fraction of sp³-hybridized carbons (Fsp3) is 0.647. The van der Waals surface area contributed by atoms with Crippen LogP contribution in [0.5, 0.6) is 5.75 Å². The lowest BCUT2D eigenvalue weighted by Gasteiger charge is -2.16. The van der Waals surface area contributed by atoms with E-state index in [1.165, 1.54) is 28.4 Å². The molecule has 3 heteroatoms. The molecule has 0 aromatic heterocycles. The molecular weight excluding hydrogens is 314 g/mol. The zero-order chi connectivity index (χ0) is 15.1. The van der Waals surface area contributed by atoms with Gasteiger partial charge in [0.1, 0.15) is 12.4 Å². The van der Waals surface area contributed by atoms with Crippen LogP contribution in [0, 0.1) is 19.8 Å². The molecule has 114 valence electrons. The topological polar surface area (TPSA) is 21.3 Å². The second kappa shape index (κ2) is 8.68. The first-order chi connectivity index (χ1) is 9.40. The van der Waals surface area contributed by atoms with Crippen LogP contribution in [0.4, 0.5) is 0 Å². The summed E-state index contributed by atoms with van der Waals surface area (Å²) < 4.78 is 6.99. The van der Waals surface area contributed by atoms with Gasteiger partial charge in [-0.15, -0.1) is 0 Å². The zero-order valence-corrected chi connectivity index (χ0v) is 15.0. The normalized spacial score (nSPS) is 12.8. The lowest BCUT2D eigenvalue weighted by Crippen LogP contribution is -2.30. The first-order valence-electron chi connectivity index (χ1n) is 7.53. The second-order valence-corrected chi connectivity index (χ2v) is 6.84. The van der Waals surface area contributed by atoms with Crippen molar-refractivity contribution in [2.45, 2.75) is 53.5 Å². The molecule has 0 aliphatic carbocycles. The van der Waals surface area contributed by atoms with Crippen molar-refractivity contribution in [2.75, 3.05) is 13.2 Å². The van der Waals surface area contributed by atoms with E-state index in [9.17, 15) is 0 Å². The molecular formula is C17H28BrNO. The molecule has 2 nitrogen and oxygen atoms in total. The Bertz CT molecular complexity index is 394. The Labute approximate surface area is 132 Å². The third-order valence-corrected chi connectivity index (χ3v) is 4.70. The molecule has 1 atom stereocenters. The molecule has 1 aromatic carbocycles. The standard InChI is InChI=1S/C17H28BrNO/c1-12(2)6-7-15(5)19-8-9-20-16-10-13(3)17(18)14(4)11-16/h10-12,15,19H,6-9H2,1-5H3. The summed E-state index contributed by atoms with van der Waals surface area (Å²) in [6.45, 7) is 12.6. The first kappa shape index (κ1) is 17.5. The van der Waals surface area contributed by atoms with E-state index in [1.807, 2.05) is 0 Å². The Morgan fingerprint density at radius 1 is 1.10 bits per heavy atom. The Morgan fingerprint density at radius 2 is 1.70 bits per heavy atom. The van der Waals surface area contributed by atoms with Crippen LogP contribution in [0.1, 0.15) is 44.7 Å². The summed E-state index contributed by atoms with van der Waals surface area (Å²) >= 11 is 3.58. The van der Waals surface area contributed by atoms with Gasteiger partial charge >= 0.3 is 0 Å². The fourth-order valence-corrected chi connectivity index (χ4v) is 2.38. The number of halogens is 1. The first-order valence-corrected chi connectivity index (χ1v) is 8.32. The van der Waals surface area contributed by atoms with Crippen LogP contribution in [0.3, 0.4) is 0 Å². The molecule has 0 heterocycles. The van der Waals surface area contributed by atoms with E-state index in [2.05, 4.69) is 68.0 Å². The molecule has 0 aliphatic heterocycles. The molecule has 0 aliphatic rings. The monoisotopic (exact) mass is 341 g/mol. The minimum absolute atomic E-state index is 0.564. The predicted molar refractivity (Wildman–Crippen MR) is 90.6 cm³/mol. The Kier molecular flexibility index (Phi) is 7.60. The molecule has 1 N–H and O–H groups in total. The SMILES string of the molecule is Cc1cc(OCCNC(C)CCC(C)C)cc(C)c1Br. The van der Waals surface area contributed by atoms with Gasteiger partial charge in [-0.05, 0) is 62.8 Å². The fourth-order valence-electron chi connectivity index (χ4n) is 2.15. The number of hydrogen-bond acceptors (Lipinski definition) is 2. The van der Waals surface area contributed by atoms with Crippen molar-refractivity contribution in [1.82, 2.24) is 5.32 Å². The van der Waals surface area contributed by atoms with Crippen LogP contribution in [0.15, 0.2) is 16.6 Å². The highest BCUT2D eigenvalue weighted by molar-refractivity contribution is 9.10. The van der Waals surface area contributed by atoms with E-state index in [4.69, 9.17) is 4.74 Å². The molecule has 0 fully saturated rings. The van der Waals surface area contributed by atoms with Crippen LogP contribution in [0.25, 0.3) is 0 Å². The van der Waals surface area contributed by atoms with Gasteiger partial charge in [0.05, 0.1) is 0 Å². The van der Waals surface area contributed by atoms with E-state index < -0.39 is 0 Å². The van der Waals surface area contributed by atoms with Crippen molar-refractivity contribution in [3.05, 3.63) is 27.7 Å². The maximum absolute atomic E-state index is 5.82. The molecule has 20 heavy (non-hydrogen) atoms. The Balaban J connectivity index is 2.27. The van der Waals surface area contributed by atoms with Gasteiger partial charge in [-0.25, -0.2) is 0 Å². The second-order valence-electron chi connectivity index (χ2n) is 6.05. The average Bonchev–Trinajstić information content (AvgIpc) is 2.38. The third kappa shape index (κ3) is 6.27. The molecule has 1 aromatic rings. The molecule has 1 rings (SSSR count). The summed E-state index contributed by atoms with van der Waals surface area (Å²) in [6.07, 6.45) is 2.51. The number of benzene rings is 1. The summed E-state index contributed by atoms with van der Waals surface area (Å²) in [7, 11) is 0. The van der Waals surface area contributed by atoms with Crippen molar-refractivity contribution in [1.29, 1.82) is 0 Å². The Morgan fingerprint density at radius 3 is 2.25 bits per heavy atom. The van der Waals surface area contributed by atoms with Gasteiger partial charge in [-0.3, -0.25) is 0 Å². The lowest BCUT2D eigenvalue weighted by atomic mass is 10.0. The number of hydrogen-bond donors (Lipinski definition) is 1. The summed E-state index contributed by atoms with van der Waals surface area (Å²) in [6, 6.07) is 4.73. The lowest BCUT2D eigenvalue weighted by molar-refractivity contribution is 0.302. The van der Waals surface area contributed by atoms with E-state index in [1.54, 1.807) is 0 Å². The maximum atomic E-state index is 5.82. The predicted octanol–water partition coefficient (Wildman–Crippen LogP) is 4.86. The number of aryl methyl sites for hydroxylation is 2. The molecule has 0 amide bonds. The minimum atomic E-state index is 0.564. The van der Waals surface area contributed by atoms with Crippen molar-refractivity contribution in [2.24, 2.45) is 5.92 Å².